The molecule has 12 heteroatoms. The Morgan fingerprint density at radius 2 is 1.33 bits per heavy atom. The number of anilines is 1. The quantitative estimate of drug-likeness (QED) is 0.0948. The van der Waals surface area contributed by atoms with Crippen LogP contribution in [0, 0.1) is 5.92 Å². The van der Waals surface area contributed by atoms with Crippen LogP contribution in [0.4, 0.5) is 10.5 Å². The summed E-state index contributed by atoms with van der Waals surface area (Å²) in [5.41, 5.74) is 2.01. The number of morpholine rings is 1. The van der Waals surface area contributed by atoms with Gasteiger partial charge in [-0.3, -0.25) is 19.3 Å². The smallest absolute Gasteiger partial charge is 0.329 e. The minimum atomic E-state index is -1.97. The summed E-state index contributed by atoms with van der Waals surface area (Å²) in [6, 6.07) is 46.6. The number of urea groups is 1. The topological polar surface area (TPSA) is 158 Å². The van der Waals surface area contributed by atoms with Crippen molar-refractivity contribution < 1.29 is 38.9 Å². The van der Waals surface area contributed by atoms with E-state index in [0.717, 1.165) is 16.0 Å². The van der Waals surface area contributed by atoms with E-state index in [0.29, 0.717) is 28.0 Å². The third-order valence-corrected chi connectivity index (χ3v) is 12.7. The highest BCUT2D eigenvalue weighted by molar-refractivity contribution is 6.24. The first-order chi connectivity index (χ1) is 31.2. The molecule has 0 aromatic heterocycles. The maximum atomic E-state index is 16.3. The fourth-order valence-corrected chi connectivity index (χ4v) is 9.98. The molecular formula is C52H48N4O8. The number of ether oxygens (including phenoxy) is 2. The van der Waals surface area contributed by atoms with Crippen LogP contribution in [0.3, 0.4) is 0 Å². The van der Waals surface area contributed by atoms with Gasteiger partial charge in [-0.1, -0.05) is 152 Å². The van der Waals surface area contributed by atoms with E-state index in [9.17, 15) is 15.0 Å². The molecule has 3 aliphatic rings. The molecule has 64 heavy (non-hydrogen) atoms. The molecule has 0 saturated carbocycles. The second-order valence-corrected chi connectivity index (χ2v) is 16.3. The Bertz CT molecular complexity index is 2630. The van der Waals surface area contributed by atoms with E-state index in [2.05, 4.69) is 10.6 Å². The maximum absolute atomic E-state index is 16.3. The molecule has 0 radical (unpaired) electrons. The molecule has 324 valence electrons. The second-order valence-electron chi connectivity index (χ2n) is 16.3. The molecule has 3 aliphatic heterocycles. The molecule has 0 bridgehead atoms. The van der Waals surface area contributed by atoms with Crippen LogP contribution in [0.1, 0.15) is 70.6 Å². The van der Waals surface area contributed by atoms with Gasteiger partial charge in [0.1, 0.15) is 29.9 Å². The van der Waals surface area contributed by atoms with Crippen molar-refractivity contribution in [2.45, 2.75) is 48.7 Å². The molecule has 8 unspecified atom stereocenters. The van der Waals surface area contributed by atoms with Gasteiger partial charge >= 0.3 is 12.0 Å². The molecule has 6 aromatic carbocycles. The van der Waals surface area contributed by atoms with Crippen molar-refractivity contribution in [2.75, 3.05) is 24.7 Å². The highest BCUT2D eigenvalue weighted by Gasteiger charge is 2.75. The van der Waals surface area contributed by atoms with Crippen LogP contribution in [-0.4, -0.2) is 64.7 Å². The molecule has 8 atom stereocenters. The normalized spacial score (nSPS) is 23.4. The zero-order valence-electron chi connectivity index (χ0n) is 35.1. The highest BCUT2D eigenvalue weighted by Crippen LogP contribution is 2.66. The van der Waals surface area contributed by atoms with Gasteiger partial charge in [-0.2, -0.15) is 0 Å². The molecule has 6 aromatic rings. The van der Waals surface area contributed by atoms with E-state index >= 15 is 14.4 Å². The number of nitrogens with zero attached hydrogens (tertiary/aromatic N) is 2. The molecule has 1 spiro atoms. The Kier molecular flexibility index (Phi) is 11.8. The Morgan fingerprint density at radius 3 is 2.00 bits per heavy atom. The fraction of sp³-hybridized carbons (Fsp3) is 0.231. The van der Waals surface area contributed by atoms with Gasteiger partial charge in [0.25, 0.3) is 0 Å². The largest absolute Gasteiger partial charge is 0.491 e. The summed E-state index contributed by atoms with van der Waals surface area (Å²) < 4.78 is 12.5. The van der Waals surface area contributed by atoms with Gasteiger partial charge in [0.05, 0.1) is 42.4 Å². The summed E-state index contributed by atoms with van der Waals surface area (Å²) >= 11 is 0. The monoisotopic (exact) mass is 856 g/mol. The highest BCUT2D eigenvalue weighted by atomic mass is 16.6. The van der Waals surface area contributed by atoms with Crippen molar-refractivity contribution in [3.8, 4) is 5.75 Å². The van der Waals surface area contributed by atoms with Crippen LogP contribution in [0.5, 0.6) is 5.75 Å². The molecule has 2 saturated heterocycles. The molecule has 4 N–H and O–H groups in total. The summed E-state index contributed by atoms with van der Waals surface area (Å²) in [5, 5.41) is 27.1. The zero-order valence-corrected chi connectivity index (χ0v) is 35.1. The van der Waals surface area contributed by atoms with Crippen molar-refractivity contribution in [3.05, 3.63) is 203 Å². The third kappa shape index (κ3) is 7.38. The summed E-state index contributed by atoms with van der Waals surface area (Å²) in [5.74, 6) is -3.27. The molecule has 4 amide bonds. The number of cyclic esters (lactones) is 1. The number of fused-ring (bicyclic) bond motifs is 3. The summed E-state index contributed by atoms with van der Waals surface area (Å²) in [6.07, 6.45) is -2.03. The summed E-state index contributed by atoms with van der Waals surface area (Å²) in [6.45, 7) is 1.33. The second kappa shape index (κ2) is 17.9. The number of para-hydroxylation sites is 1. The number of rotatable bonds is 12. The van der Waals surface area contributed by atoms with Crippen molar-refractivity contribution in [2.24, 2.45) is 5.92 Å². The van der Waals surface area contributed by atoms with Crippen LogP contribution in [0.25, 0.3) is 0 Å². The number of esters is 1. The lowest BCUT2D eigenvalue weighted by molar-refractivity contribution is -0.178. The average Bonchev–Trinajstić information content (AvgIpc) is 3.80. The first-order valence-corrected chi connectivity index (χ1v) is 21.5. The van der Waals surface area contributed by atoms with Crippen LogP contribution in [0.15, 0.2) is 170 Å². The number of amides is 4. The molecule has 3 heterocycles. The van der Waals surface area contributed by atoms with Crippen LogP contribution >= 0.6 is 0 Å². The van der Waals surface area contributed by atoms with Gasteiger partial charge in [0, 0.05) is 6.54 Å². The SMILES string of the molecule is CC(NC(=O)N1C(=O)C2(c3ccccc31)C(C(=O)NCC(O)c1ccccc1)C1C(=O)OC(c3ccccc3)C(c3ccccc3)N1C2c1cccc(OCCO)c1)c1ccccc1. The van der Waals surface area contributed by atoms with E-state index < -0.39 is 71.5 Å². The predicted octanol–water partition coefficient (Wildman–Crippen LogP) is 7.04. The zero-order chi connectivity index (χ0) is 44.4. The van der Waals surface area contributed by atoms with Crippen molar-refractivity contribution in [3.63, 3.8) is 0 Å². The van der Waals surface area contributed by atoms with E-state index in [-0.39, 0.29) is 25.4 Å². The first kappa shape index (κ1) is 42.2. The minimum Gasteiger partial charge on any atom is -0.491 e. The van der Waals surface area contributed by atoms with Crippen LogP contribution < -0.4 is 20.3 Å². The van der Waals surface area contributed by atoms with Crippen molar-refractivity contribution >= 4 is 29.5 Å². The van der Waals surface area contributed by atoms with Crippen LogP contribution in [-0.2, 0) is 24.5 Å². The first-order valence-electron chi connectivity index (χ1n) is 21.5. The Morgan fingerprint density at radius 1 is 0.734 bits per heavy atom. The fourth-order valence-electron chi connectivity index (χ4n) is 9.98. The van der Waals surface area contributed by atoms with E-state index in [1.54, 1.807) is 66.7 Å². The number of hydrogen-bond acceptors (Lipinski definition) is 9. The minimum absolute atomic E-state index is 0.00919. The molecule has 2 fully saturated rings. The lowest BCUT2D eigenvalue weighted by Crippen LogP contribution is -2.56. The standard InChI is InChI=1S/C52H48N4O8/c1-33(34-17-6-2-7-18-34)54-51(62)55-41-28-15-14-27-40(41)52(50(55)61)43(48(59)53-32-42(58)35-19-8-3-9-20-35)45-49(60)64-46(37-23-12-5-13-24-37)44(36-21-10-4-11-22-36)56(45)47(52)38-25-16-26-39(31-38)63-30-29-57/h2-28,31,33,42-47,57-58H,29-30,32H2,1H3,(H,53,59)(H,54,62). The predicted molar refractivity (Wildman–Crippen MR) is 239 cm³/mol. The maximum Gasteiger partial charge on any atom is 0.329 e. The third-order valence-electron chi connectivity index (χ3n) is 12.7. The number of aliphatic hydroxyl groups excluding tert-OH is 2. The number of aliphatic hydroxyl groups is 2. The number of carbonyl (C=O) groups is 4. The van der Waals surface area contributed by atoms with Crippen LogP contribution in [0.2, 0.25) is 0 Å². The number of nitrogens with one attached hydrogen (secondary N) is 2. The van der Waals surface area contributed by atoms with Gasteiger partial charge in [-0.25, -0.2) is 9.69 Å². The lowest BCUT2D eigenvalue weighted by atomic mass is 9.65. The summed E-state index contributed by atoms with van der Waals surface area (Å²) in [4.78, 5) is 64.9. The van der Waals surface area contributed by atoms with Crippen molar-refractivity contribution in [1.29, 1.82) is 0 Å². The number of imide groups is 1. The Hall–Kier alpha value is -7.12. The molecular weight excluding hydrogens is 809 g/mol. The molecule has 0 aliphatic carbocycles. The van der Waals surface area contributed by atoms with E-state index in [1.165, 1.54) is 0 Å². The lowest BCUT2D eigenvalue weighted by Gasteiger charge is -2.46. The Labute approximate surface area is 371 Å². The summed E-state index contributed by atoms with van der Waals surface area (Å²) in [7, 11) is 0. The van der Waals surface area contributed by atoms with E-state index in [4.69, 9.17) is 9.47 Å². The van der Waals surface area contributed by atoms with Gasteiger partial charge < -0.3 is 30.3 Å². The van der Waals surface area contributed by atoms with Gasteiger partial charge in [-0.05, 0) is 58.5 Å². The number of carbonyl (C=O) groups excluding carboxylic acids is 4. The van der Waals surface area contributed by atoms with E-state index in [1.807, 2.05) is 115 Å². The Balaban J connectivity index is 1.28. The van der Waals surface area contributed by atoms with Gasteiger partial charge in [-0.15, -0.1) is 0 Å². The molecule has 12 nitrogen and oxygen atoms in total. The average molecular weight is 857 g/mol. The number of hydrogen-bond donors (Lipinski definition) is 4. The van der Waals surface area contributed by atoms with Crippen molar-refractivity contribution in [1.82, 2.24) is 15.5 Å². The number of benzene rings is 6. The molecule has 9 rings (SSSR count). The van der Waals surface area contributed by atoms with Gasteiger partial charge in [0.15, 0.2) is 0 Å². The van der Waals surface area contributed by atoms with Gasteiger partial charge in [0.2, 0.25) is 11.8 Å².